The molecule has 0 spiro atoms. The van der Waals surface area contributed by atoms with E-state index in [9.17, 15) is 4.39 Å². The zero-order valence-electron chi connectivity index (χ0n) is 11.8. The van der Waals surface area contributed by atoms with Gasteiger partial charge in [0.2, 0.25) is 0 Å². The Hall–Kier alpha value is -1.45. The van der Waals surface area contributed by atoms with E-state index in [1.54, 1.807) is 18.2 Å². The molecule has 1 N–H and O–H groups in total. The Morgan fingerprint density at radius 2 is 1.90 bits per heavy atom. The van der Waals surface area contributed by atoms with Crippen molar-refractivity contribution in [1.29, 1.82) is 0 Å². The molecule has 0 amide bonds. The Morgan fingerprint density at radius 1 is 1.14 bits per heavy atom. The molecule has 0 saturated heterocycles. The minimum Gasteiger partial charge on any atom is -0.492 e. The number of halogens is 3. The van der Waals surface area contributed by atoms with Crippen molar-refractivity contribution in [3.8, 4) is 5.75 Å². The van der Waals surface area contributed by atoms with Crippen LogP contribution < -0.4 is 10.1 Å². The molecule has 2 rings (SSSR count). The summed E-state index contributed by atoms with van der Waals surface area (Å²) in [7, 11) is 0. The van der Waals surface area contributed by atoms with Crippen molar-refractivity contribution in [2.75, 3.05) is 11.9 Å². The normalized spacial score (nSPS) is 12.0. The maximum atomic E-state index is 13.2. The van der Waals surface area contributed by atoms with Crippen LogP contribution in [0, 0.1) is 5.82 Å². The quantitative estimate of drug-likeness (QED) is 0.760. The summed E-state index contributed by atoms with van der Waals surface area (Å²) in [5.74, 6) is 0.235. The second-order valence-electron chi connectivity index (χ2n) is 4.62. The highest BCUT2D eigenvalue weighted by atomic mass is 35.5. The van der Waals surface area contributed by atoms with E-state index in [4.69, 9.17) is 27.9 Å². The Kier molecular flexibility index (Phi) is 5.32. The number of ether oxygens (including phenoxy) is 1. The number of benzene rings is 2. The Morgan fingerprint density at radius 3 is 2.52 bits per heavy atom. The first-order valence-corrected chi connectivity index (χ1v) is 7.40. The van der Waals surface area contributed by atoms with Gasteiger partial charge in [-0.2, -0.15) is 0 Å². The molecular weight excluding hydrogens is 312 g/mol. The van der Waals surface area contributed by atoms with E-state index in [1.165, 1.54) is 6.07 Å². The maximum Gasteiger partial charge on any atom is 0.141 e. The number of rotatable bonds is 5. The smallest absolute Gasteiger partial charge is 0.141 e. The predicted octanol–water partition coefficient (Wildman–Crippen LogP) is 5.70. The molecule has 0 heterocycles. The van der Waals surface area contributed by atoms with Gasteiger partial charge in [0, 0.05) is 11.7 Å². The van der Waals surface area contributed by atoms with Crippen LogP contribution in [0.5, 0.6) is 5.75 Å². The second kappa shape index (κ2) is 7.01. The third kappa shape index (κ3) is 4.02. The van der Waals surface area contributed by atoms with Crippen LogP contribution in [-0.4, -0.2) is 6.61 Å². The van der Waals surface area contributed by atoms with Gasteiger partial charge >= 0.3 is 0 Å². The van der Waals surface area contributed by atoms with Crippen molar-refractivity contribution >= 4 is 28.9 Å². The zero-order valence-corrected chi connectivity index (χ0v) is 13.3. The lowest BCUT2D eigenvalue weighted by atomic mass is 10.1. The summed E-state index contributed by atoms with van der Waals surface area (Å²) < 4.78 is 18.6. The van der Waals surface area contributed by atoms with Gasteiger partial charge in [0.25, 0.3) is 0 Å². The molecule has 1 unspecified atom stereocenters. The molecule has 0 radical (unpaired) electrons. The van der Waals surface area contributed by atoms with Crippen molar-refractivity contribution in [2.24, 2.45) is 0 Å². The second-order valence-corrected chi connectivity index (χ2v) is 5.43. The first kappa shape index (κ1) is 15.9. The number of anilines is 1. The molecule has 5 heteroatoms. The third-order valence-electron chi connectivity index (χ3n) is 3.06. The van der Waals surface area contributed by atoms with Gasteiger partial charge < -0.3 is 10.1 Å². The molecule has 0 aliphatic rings. The summed E-state index contributed by atoms with van der Waals surface area (Å²) in [6, 6.07) is 10.2. The summed E-state index contributed by atoms with van der Waals surface area (Å²) in [6.07, 6.45) is 0. The fraction of sp³-hybridized carbons (Fsp3) is 0.250. The van der Waals surface area contributed by atoms with Gasteiger partial charge in [-0.15, -0.1) is 0 Å². The van der Waals surface area contributed by atoms with Crippen LogP contribution >= 0.6 is 23.2 Å². The lowest BCUT2D eigenvalue weighted by molar-refractivity contribution is 0.340. The molecule has 112 valence electrons. The minimum atomic E-state index is -0.420. The van der Waals surface area contributed by atoms with E-state index >= 15 is 0 Å². The Bertz CT molecular complexity index is 634. The molecule has 0 aromatic heterocycles. The average Bonchev–Trinajstić information content (AvgIpc) is 2.45. The van der Waals surface area contributed by atoms with E-state index in [-0.39, 0.29) is 11.1 Å². The molecule has 0 fully saturated rings. The summed E-state index contributed by atoms with van der Waals surface area (Å²) in [6.45, 7) is 4.44. The highest BCUT2D eigenvalue weighted by Gasteiger charge is 2.09. The monoisotopic (exact) mass is 327 g/mol. The molecule has 0 saturated carbocycles. The van der Waals surface area contributed by atoms with Crippen LogP contribution in [0.1, 0.15) is 25.5 Å². The van der Waals surface area contributed by atoms with Crippen molar-refractivity contribution in [1.82, 2.24) is 0 Å². The minimum absolute atomic E-state index is 0.0305. The molecule has 2 aromatic rings. The molecular formula is C16H16Cl2FNO. The SMILES string of the molecule is CCOc1ccc(NC(C)c2ccc(F)c(Cl)c2)cc1Cl. The number of hydrogen-bond donors (Lipinski definition) is 1. The Balaban J connectivity index is 2.13. The van der Waals surface area contributed by atoms with E-state index in [2.05, 4.69) is 5.32 Å². The third-order valence-corrected chi connectivity index (χ3v) is 3.64. The number of hydrogen-bond acceptors (Lipinski definition) is 2. The topological polar surface area (TPSA) is 21.3 Å². The van der Waals surface area contributed by atoms with Crippen molar-refractivity contribution < 1.29 is 9.13 Å². The highest BCUT2D eigenvalue weighted by Crippen LogP contribution is 2.30. The molecule has 21 heavy (non-hydrogen) atoms. The van der Waals surface area contributed by atoms with Crippen LogP contribution in [0.4, 0.5) is 10.1 Å². The Labute approximate surface area is 133 Å². The van der Waals surface area contributed by atoms with Crippen LogP contribution in [0.25, 0.3) is 0 Å². The summed E-state index contributed by atoms with van der Waals surface area (Å²) in [4.78, 5) is 0. The van der Waals surface area contributed by atoms with Crippen LogP contribution in [0.15, 0.2) is 36.4 Å². The van der Waals surface area contributed by atoms with Gasteiger partial charge in [-0.25, -0.2) is 4.39 Å². The summed E-state index contributed by atoms with van der Waals surface area (Å²) in [5.41, 5.74) is 1.75. The van der Waals surface area contributed by atoms with Crippen molar-refractivity contribution in [3.05, 3.63) is 57.8 Å². The van der Waals surface area contributed by atoms with E-state index in [1.807, 2.05) is 26.0 Å². The van der Waals surface area contributed by atoms with Crippen LogP contribution in [-0.2, 0) is 0 Å². The van der Waals surface area contributed by atoms with E-state index in [0.717, 1.165) is 11.3 Å². The highest BCUT2D eigenvalue weighted by molar-refractivity contribution is 6.32. The van der Waals surface area contributed by atoms with Gasteiger partial charge in [0.1, 0.15) is 11.6 Å². The lowest BCUT2D eigenvalue weighted by Gasteiger charge is -2.17. The first-order valence-electron chi connectivity index (χ1n) is 6.65. The van der Waals surface area contributed by atoms with Gasteiger partial charge in [-0.3, -0.25) is 0 Å². The average molecular weight is 328 g/mol. The van der Waals surface area contributed by atoms with Crippen LogP contribution in [0.3, 0.4) is 0 Å². The fourth-order valence-corrected chi connectivity index (χ4v) is 2.40. The summed E-state index contributed by atoms with van der Waals surface area (Å²) in [5, 5.41) is 3.96. The molecule has 1 atom stereocenters. The first-order chi connectivity index (χ1) is 10.0. The summed E-state index contributed by atoms with van der Waals surface area (Å²) >= 11 is 11.9. The van der Waals surface area contributed by atoms with E-state index < -0.39 is 5.82 Å². The fourth-order valence-electron chi connectivity index (χ4n) is 1.98. The van der Waals surface area contributed by atoms with Gasteiger partial charge in [0.05, 0.1) is 16.7 Å². The predicted molar refractivity (Wildman–Crippen MR) is 86.1 cm³/mol. The van der Waals surface area contributed by atoms with Gasteiger partial charge in [-0.1, -0.05) is 29.3 Å². The van der Waals surface area contributed by atoms with Crippen molar-refractivity contribution in [3.63, 3.8) is 0 Å². The van der Waals surface area contributed by atoms with Gasteiger partial charge in [0.15, 0.2) is 0 Å². The molecule has 2 nitrogen and oxygen atoms in total. The zero-order chi connectivity index (χ0) is 15.4. The van der Waals surface area contributed by atoms with Crippen molar-refractivity contribution in [2.45, 2.75) is 19.9 Å². The molecule has 0 bridgehead atoms. The van der Waals surface area contributed by atoms with E-state index in [0.29, 0.717) is 17.4 Å². The molecule has 2 aromatic carbocycles. The largest absolute Gasteiger partial charge is 0.492 e. The molecule has 0 aliphatic carbocycles. The van der Waals surface area contributed by atoms with Crippen LogP contribution in [0.2, 0.25) is 10.0 Å². The maximum absolute atomic E-state index is 13.2. The lowest BCUT2D eigenvalue weighted by Crippen LogP contribution is -2.07. The molecule has 0 aliphatic heterocycles. The van der Waals surface area contributed by atoms with Gasteiger partial charge in [-0.05, 0) is 49.7 Å². The number of nitrogens with one attached hydrogen (secondary N) is 1. The standard InChI is InChI=1S/C16H16Cl2FNO/c1-3-21-16-7-5-12(9-14(16)18)20-10(2)11-4-6-15(19)13(17)8-11/h4-10,20H,3H2,1-2H3.